The van der Waals surface area contributed by atoms with Crippen LogP contribution in [0.25, 0.3) is 0 Å². The first-order valence-electron chi connectivity index (χ1n) is 9.23. The zero-order chi connectivity index (χ0) is 14.7. The first-order valence-corrected chi connectivity index (χ1v) is 9.23. The summed E-state index contributed by atoms with van der Waals surface area (Å²) >= 11 is 0. The van der Waals surface area contributed by atoms with E-state index < -0.39 is 0 Å². The third-order valence-corrected chi connectivity index (χ3v) is 6.03. The van der Waals surface area contributed by atoms with Crippen LogP contribution in [-0.4, -0.2) is 38.4 Å². The molecule has 0 spiro atoms. The van der Waals surface area contributed by atoms with Gasteiger partial charge in [-0.3, -0.25) is 0 Å². The van der Waals surface area contributed by atoms with Crippen molar-refractivity contribution in [2.75, 3.05) is 26.3 Å². The van der Waals surface area contributed by atoms with Gasteiger partial charge in [0.05, 0.1) is 13.2 Å². The van der Waals surface area contributed by atoms with E-state index in [0.717, 1.165) is 31.6 Å². The summed E-state index contributed by atoms with van der Waals surface area (Å²) < 4.78 is 5.68. The molecule has 22 heavy (non-hydrogen) atoms. The van der Waals surface area contributed by atoms with Gasteiger partial charge in [0.15, 0.2) is 0 Å². The molecule has 0 radical (unpaired) electrons. The molecule has 4 heteroatoms. The fraction of sp³-hybridized carbons (Fsp3) is 1.00. The van der Waals surface area contributed by atoms with E-state index in [2.05, 4.69) is 24.5 Å². The molecule has 3 fully saturated rings. The van der Waals surface area contributed by atoms with Gasteiger partial charge in [0, 0.05) is 25.2 Å². The van der Waals surface area contributed by atoms with Crippen LogP contribution in [0.2, 0.25) is 0 Å². The van der Waals surface area contributed by atoms with E-state index in [1.54, 1.807) is 0 Å². The Hall–Kier alpha value is 0.170. The van der Waals surface area contributed by atoms with Gasteiger partial charge >= 0.3 is 0 Å². The molecule has 2 aliphatic carbocycles. The molecule has 0 bridgehead atoms. The first-order chi connectivity index (χ1) is 10.2. The van der Waals surface area contributed by atoms with Crippen molar-refractivity contribution in [1.29, 1.82) is 0 Å². The molecule has 1 heterocycles. The highest BCUT2D eigenvalue weighted by atomic mass is 35.5. The summed E-state index contributed by atoms with van der Waals surface area (Å²) in [6.45, 7) is 8.84. The minimum absolute atomic E-state index is 0. The predicted molar refractivity (Wildman–Crippen MR) is 94.7 cm³/mol. The monoisotopic (exact) mass is 330 g/mol. The Morgan fingerprint density at radius 2 is 2.05 bits per heavy atom. The van der Waals surface area contributed by atoms with E-state index in [1.165, 1.54) is 51.5 Å². The van der Waals surface area contributed by atoms with Gasteiger partial charge in [-0.05, 0) is 49.4 Å². The fourth-order valence-corrected chi connectivity index (χ4v) is 4.93. The molecular weight excluding hydrogens is 296 g/mol. The van der Waals surface area contributed by atoms with E-state index in [4.69, 9.17) is 4.74 Å². The van der Waals surface area contributed by atoms with Crippen LogP contribution in [0.4, 0.5) is 0 Å². The van der Waals surface area contributed by atoms with Crippen molar-refractivity contribution >= 4 is 12.4 Å². The Bertz CT molecular complexity index is 327. The molecule has 2 N–H and O–H groups in total. The van der Waals surface area contributed by atoms with Crippen molar-refractivity contribution in [3.8, 4) is 0 Å². The summed E-state index contributed by atoms with van der Waals surface area (Å²) in [5.41, 5.74) is 0.623. The summed E-state index contributed by atoms with van der Waals surface area (Å²) in [5, 5.41) is 7.66. The molecule has 0 aromatic carbocycles. The van der Waals surface area contributed by atoms with Crippen LogP contribution < -0.4 is 10.6 Å². The summed E-state index contributed by atoms with van der Waals surface area (Å²) in [7, 11) is 0. The fourth-order valence-electron chi connectivity index (χ4n) is 4.93. The van der Waals surface area contributed by atoms with E-state index in [1.807, 2.05) is 0 Å². The van der Waals surface area contributed by atoms with Crippen LogP contribution in [0.3, 0.4) is 0 Å². The van der Waals surface area contributed by atoms with Gasteiger partial charge in [0.2, 0.25) is 0 Å². The number of ether oxygens (including phenoxy) is 1. The van der Waals surface area contributed by atoms with Gasteiger partial charge in [-0.25, -0.2) is 0 Å². The van der Waals surface area contributed by atoms with Crippen LogP contribution >= 0.6 is 12.4 Å². The summed E-state index contributed by atoms with van der Waals surface area (Å²) in [5.74, 6) is 1.61. The molecule has 3 nitrogen and oxygen atoms in total. The molecular formula is C18H35ClN2O. The number of rotatable bonds is 6. The van der Waals surface area contributed by atoms with Crippen molar-refractivity contribution in [3.63, 3.8) is 0 Å². The summed E-state index contributed by atoms with van der Waals surface area (Å²) in [6.07, 6.45) is 9.86. The van der Waals surface area contributed by atoms with Crippen molar-refractivity contribution in [2.45, 2.75) is 70.9 Å². The van der Waals surface area contributed by atoms with Crippen molar-refractivity contribution in [3.05, 3.63) is 0 Å². The zero-order valence-electron chi connectivity index (χ0n) is 14.4. The lowest BCUT2D eigenvalue weighted by molar-refractivity contribution is 0.0475. The topological polar surface area (TPSA) is 33.3 Å². The predicted octanol–water partition coefficient (Wildman–Crippen LogP) is 3.37. The Labute approximate surface area is 142 Å². The van der Waals surface area contributed by atoms with Gasteiger partial charge < -0.3 is 15.4 Å². The molecule has 3 atom stereocenters. The second-order valence-corrected chi connectivity index (χ2v) is 8.17. The first kappa shape index (κ1) is 18.5. The number of hydrogen-bond acceptors (Lipinski definition) is 3. The third kappa shape index (κ3) is 4.37. The standard InChI is InChI=1S/C18H34N2O.ClH/c1-14(2)11-18(7-4-8-18)13-20-16-6-3-5-15(16)17-12-21-10-9-19-17;/h14-17,19-20H,3-13H2,1-2H3;1H. The number of halogens is 1. The van der Waals surface area contributed by atoms with Crippen LogP contribution in [0.1, 0.15) is 58.8 Å². The van der Waals surface area contributed by atoms with Crippen molar-refractivity contribution in [1.82, 2.24) is 10.6 Å². The number of morpholine rings is 1. The smallest absolute Gasteiger partial charge is 0.0623 e. The SMILES string of the molecule is CC(C)CC1(CNC2CCCC2C2COCCN2)CCC1.Cl. The Kier molecular flexibility index (Phi) is 7.00. The lowest BCUT2D eigenvalue weighted by Crippen LogP contribution is -2.52. The highest BCUT2D eigenvalue weighted by Gasteiger charge is 2.40. The second-order valence-electron chi connectivity index (χ2n) is 8.17. The maximum absolute atomic E-state index is 5.68. The van der Waals surface area contributed by atoms with Crippen LogP contribution in [0.5, 0.6) is 0 Å². The minimum Gasteiger partial charge on any atom is -0.379 e. The lowest BCUT2D eigenvalue weighted by atomic mass is 9.64. The Balaban J connectivity index is 0.00000176. The molecule has 130 valence electrons. The quantitative estimate of drug-likeness (QED) is 0.783. The molecule has 0 amide bonds. The molecule has 1 saturated heterocycles. The maximum atomic E-state index is 5.68. The average molecular weight is 331 g/mol. The minimum atomic E-state index is 0. The maximum Gasteiger partial charge on any atom is 0.0623 e. The van der Waals surface area contributed by atoms with Gasteiger partial charge in [-0.2, -0.15) is 0 Å². The largest absolute Gasteiger partial charge is 0.379 e. The third-order valence-electron chi connectivity index (χ3n) is 6.03. The average Bonchev–Trinajstić information content (AvgIpc) is 2.90. The number of nitrogens with one attached hydrogen (secondary N) is 2. The van der Waals surface area contributed by atoms with Gasteiger partial charge in [-0.1, -0.05) is 26.7 Å². The summed E-state index contributed by atoms with van der Waals surface area (Å²) in [6, 6.07) is 1.30. The van der Waals surface area contributed by atoms with E-state index in [9.17, 15) is 0 Å². The summed E-state index contributed by atoms with van der Waals surface area (Å²) in [4.78, 5) is 0. The molecule has 0 aromatic heterocycles. The number of hydrogen-bond donors (Lipinski definition) is 2. The van der Waals surface area contributed by atoms with E-state index in [0.29, 0.717) is 17.5 Å². The molecule has 3 unspecified atom stereocenters. The zero-order valence-corrected chi connectivity index (χ0v) is 15.2. The highest BCUT2D eigenvalue weighted by Crippen LogP contribution is 2.45. The molecule has 3 aliphatic rings. The van der Waals surface area contributed by atoms with Gasteiger partial charge in [-0.15, -0.1) is 12.4 Å². The molecule has 3 rings (SSSR count). The molecule has 1 aliphatic heterocycles. The van der Waals surface area contributed by atoms with E-state index >= 15 is 0 Å². The second kappa shape index (κ2) is 8.32. The van der Waals surface area contributed by atoms with Gasteiger partial charge in [0.1, 0.15) is 0 Å². The van der Waals surface area contributed by atoms with E-state index in [-0.39, 0.29) is 12.4 Å². The lowest BCUT2D eigenvalue weighted by Gasteiger charge is -2.45. The normalized spacial score (nSPS) is 34.2. The molecule has 0 aromatic rings. The Morgan fingerprint density at radius 1 is 1.23 bits per heavy atom. The van der Waals surface area contributed by atoms with Crippen molar-refractivity contribution < 1.29 is 4.74 Å². The van der Waals surface area contributed by atoms with Crippen LogP contribution in [-0.2, 0) is 4.74 Å². The van der Waals surface area contributed by atoms with Crippen LogP contribution in [0.15, 0.2) is 0 Å². The van der Waals surface area contributed by atoms with Crippen LogP contribution in [0, 0.1) is 17.3 Å². The Morgan fingerprint density at radius 3 is 2.64 bits per heavy atom. The van der Waals surface area contributed by atoms with Crippen molar-refractivity contribution in [2.24, 2.45) is 17.3 Å². The molecule has 2 saturated carbocycles. The van der Waals surface area contributed by atoms with Gasteiger partial charge in [0.25, 0.3) is 0 Å². The highest BCUT2D eigenvalue weighted by molar-refractivity contribution is 5.85.